The lowest BCUT2D eigenvalue weighted by atomic mass is 10.1. The van der Waals surface area contributed by atoms with Crippen molar-refractivity contribution in [3.8, 4) is 6.07 Å². The molecule has 0 fully saturated rings. The zero-order valence-electron chi connectivity index (χ0n) is 12.7. The van der Waals surface area contributed by atoms with Crippen molar-refractivity contribution in [2.24, 2.45) is 0 Å². The number of nitrogens with one attached hydrogen (secondary N) is 1. The number of carbonyl (C=O) groups excluding carboxylic acids is 1. The lowest BCUT2D eigenvalue weighted by molar-refractivity contribution is -0.113. The quantitative estimate of drug-likeness (QED) is 0.906. The van der Waals surface area contributed by atoms with E-state index in [4.69, 9.17) is 5.26 Å². The van der Waals surface area contributed by atoms with Crippen LogP contribution in [-0.4, -0.2) is 11.7 Å². The standard InChI is InChI=1S/C18H18N2OS/c1-13-3-4-14(2)17(9-13)20-18(21)12-22-11-16-7-5-15(10-19)6-8-16/h3-9H,11-12H2,1-2H3,(H,20,21). The van der Waals surface area contributed by atoms with Gasteiger partial charge in [0.15, 0.2) is 0 Å². The van der Waals surface area contributed by atoms with Gasteiger partial charge in [-0.1, -0.05) is 24.3 Å². The van der Waals surface area contributed by atoms with Crippen LogP contribution in [0.4, 0.5) is 5.69 Å². The number of rotatable bonds is 5. The van der Waals surface area contributed by atoms with Crippen molar-refractivity contribution in [1.82, 2.24) is 0 Å². The van der Waals surface area contributed by atoms with Gasteiger partial charge in [-0.3, -0.25) is 4.79 Å². The second-order valence-electron chi connectivity index (χ2n) is 5.17. The van der Waals surface area contributed by atoms with E-state index in [9.17, 15) is 4.79 Å². The van der Waals surface area contributed by atoms with E-state index in [2.05, 4.69) is 11.4 Å². The zero-order chi connectivity index (χ0) is 15.9. The van der Waals surface area contributed by atoms with Crippen molar-refractivity contribution in [3.05, 3.63) is 64.7 Å². The first-order chi connectivity index (χ1) is 10.6. The van der Waals surface area contributed by atoms with E-state index in [1.165, 1.54) is 0 Å². The fourth-order valence-electron chi connectivity index (χ4n) is 1.99. The number of benzene rings is 2. The van der Waals surface area contributed by atoms with Crippen LogP contribution in [0.15, 0.2) is 42.5 Å². The summed E-state index contributed by atoms with van der Waals surface area (Å²) in [6.45, 7) is 3.99. The third-order valence-corrected chi connectivity index (χ3v) is 4.26. The lowest BCUT2D eigenvalue weighted by Gasteiger charge is -2.09. The molecule has 2 rings (SSSR count). The molecule has 3 nitrogen and oxygen atoms in total. The maximum absolute atomic E-state index is 12.0. The second-order valence-corrected chi connectivity index (χ2v) is 6.15. The fraction of sp³-hybridized carbons (Fsp3) is 0.222. The van der Waals surface area contributed by atoms with Gasteiger partial charge < -0.3 is 5.32 Å². The summed E-state index contributed by atoms with van der Waals surface area (Å²) in [5.74, 6) is 1.17. The highest BCUT2D eigenvalue weighted by molar-refractivity contribution is 7.99. The minimum atomic E-state index is 0.00680. The van der Waals surface area contributed by atoms with Crippen LogP contribution in [0.1, 0.15) is 22.3 Å². The first-order valence-corrected chi connectivity index (χ1v) is 8.18. The highest BCUT2D eigenvalue weighted by Crippen LogP contribution is 2.18. The normalized spacial score (nSPS) is 10.0. The Hall–Kier alpha value is -2.25. The summed E-state index contributed by atoms with van der Waals surface area (Å²) in [4.78, 5) is 12.0. The van der Waals surface area contributed by atoms with Gasteiger partial charge in [0.2, 0.25) is 5.91 Å². The molecule has 0 unspecified atom stereocenters. The SMILES string of the molecule is Cc1ccc(C)c(NC(=O)CSCc2ccc(C#N)cc2)c1. The highest BCUT2D eigenvalue weighted by atomic mass is 32.2. The number of nitrogens with zero attached hydrogens (tertiary/aromatic N) is 1. The third kappa shape index (κ3) is 4.64. The Kier molecular flexibility index (Phi) is 5.62. The monoisotopic (exact) mass is 310 g/mol. The molecule has 4 heteroatoms. The Labute approximate surface area is 135 Å². The maximum atomic E-state index is 12.0. The number of nitriles is 1. The van der Waals surface area contributed by atoms with Gasteiger partial charge in [-0.05, 0) is 48.7 Å². The Morgan fingerprint density at radius 2 is 1.91 bits per heavy atom. The van der Waals surface area contributed by atoms with E-state index in [0.29, 0.717) is 11.3 Å². The average molecular weight is 310 g/mol. The van der Waals surface area contributed by atoms with Crippen molar-refractivity contribution < 1.29 is 4.79 Å². The van der Waals surface area contributed by atoms with Crippen LogP contribution in [0, 0.1) is 25.2 Å². The van der Waals surface area contributed by atoms with Gasteiger partial charge in [0.1, 0.15) is 0 Å². The summed E-state index contributed by atoms with van der Waals surface area (Å²) >= 11 is 1.56. The molecule has 2 aromatic carbocycles. The predicted molar refractivity (Wildman–Crippen MR) is 91.9 cm³/mol. The summed E-state index contributed by atoms with van der Waals surface area (Å²) in [6, 6.07) is 15.6. The summed E-state index contributed by atoms with van der Waals surface area (Å²) in [5.41, 5.74) is 4.84. The summed E-state index contributed by atoms with van der Waals surface area (Å²) < 4.78 is 0. The molecule has 1 amide bonds. The molecule has 0 saturated carbocycles. The van der Waals surface area contributed by atoms with Crippen LogP contribution in [0.5, 0.6) is 0 Å². The first kappa shape index (κ1) is 16.1. The largest absolute Gasteiger partial charge is 0.325 e. The molecule has 0 atom stereocenters. The number of anilines is 1. The van der Waals surface area contributed by atoms with Crippen LogP contribution in [0.3, 0.4) is 0 Å². The number of aryl methyl sites for hydroxylation is 2. The summed E-state index contributed by atoms with van der Waals surface area (Å²) in [6.07, 6.45) is 0. The van der Waals surface area contributed by atoms with E-state index in [-0.39, 0.29) is 5.91 Å². The molecule has 0 radical (unpaired) electrons. The van der Waals surface area contributed by atoms with Crippen molar-refractivity contribution in [2.75, 3.05) is 11.1 Å². The molecular weight excluding hydrogens is 292 g/mol. The Morgan fingerprint density at radius 1 is 1.18 bits per heavy atom. The molecule has 2 aromatic rings. The molecule has 1 N–H and O–H groups in total. The number of carbonyl (C=O) groups is 1. The Morgan fingerprint density at radius 3 is 2.59 bits per heavy atom. The average Bonchev–Trinajstić information content (AvgIpc) is 2.51. The van der Waals surface area contributed by atoms with E-state index in [1.807, 2.05) is 44.2 Å². The maximum Gasteiger partial charge on any atom is 0.234 e. The van der Waals surface area contributed by atoms with Crippen LogP contribution in [-0.2, 0) is 10.5 Å². The summed E-state index contributed by atoms with van der Waals surface area (Å²) in [5, 5.41) is 11.7. The first-order valence-electron chi connectivity index (χ1n) is 7.02. The number of thioether (sulfide) groups is 1. The van der Waals surface area contributed by atoms with E-state index >= 15 is 0 Å². The molecule has 0 aliphatic rings. The molecule has 22 heavy (non-hydrogen) atoms. The van der Waals surface area contributed by atoms with Gasteiger partial charge in [-0.2, -0.15) is 5.26 Å². The van der Waals surface area contributed by atoms with Crippen molar-refractivity contribution in [3.63, 3.8) is 0 Å². The molecule has 0 aromatic heterocycles. The van der Waals surface area contributed by atoms with E-state index < -0.39 is 0 Å². The van der Waals surface area contributed by atoms with Crippen LogP contribution in [0.25, 0.3) is 0 Å². The molecule has 0 heterocycles. The molecule has 0 spiro atoms. The number of amides is 1. The minimum Gasteiger partial charge on any atom is -0.325 e. The molecule has 0 aliphatic carbocycles. The number of hydrogen-bond donors (Lipinski definition) is 1. The Balaban J connectivity index is 1.82. The van der Waals surface area contributed by atoms with E-state index in [0.717, 1.165) is 28.1 Å². The van der Waals surface area contributed by atoms with E-state index in [1.54, 1.807) is 23.9 Å². The Bertz CT molecular complexity index is 702. The molecular formula is C18H18N2OS. The minimum absolute atomic E-state index is 0.00680. The van der Waals surface area contributed by atoms with Crippen molar-refractivity contribution >= 4 is 23.4 Å². The highest BCUT2D eigenvalue weighted by Gasteiger charge is 2.05. The lowest BCUT2D eigenvalue weighted by Crippen LogP contribution is -2.15. The smallest absolute Gasteiger partial charge is 0.234 e. The zero-order valence-corrected chi connectivity index (χ0v) is 13.5. The second kappa shape index (κ2) is 7.67. The predicted octanol–water partition coefficient (Wildman–Crippen LogP) is 4.05. The molecule has 0 saturated heterocycles. The van der Waals surface area contributed by atoms with Gasteiger partial charge in [-0.15, -0.1) is 11.8 Å². The third-order valence-electron chi connectivity index (χ3n) is 3.25. The topological polar surface area (TPSA) is 52.9 Å². The molecule has 112 valence electrons. The van der Waals surface area contributed by atoms with Crippen LogP contribution in [0.2, 0.25) is 0 Å². The summed E-state index contributed by atoms with van der Waals surface area (Å²) in [7, 11) is 0. The van der Waals surface area contributed by atoms with Crippen LogP contribution >= 0.6 is 11.8 Å². The van der Waals surface area contributed by atoms with Crippen molar-refractivity contribution in [2.45, 2.75) is 19.6 Å². The van der Waals surface area contributed by atoms with Gasteiger partial charge >= 0.3 is 0 Å². The fourth-order valence-corrected chi connectivity index (χ4v) is 2.78. The van der Waals surface area contributed by atoms with Crippen molar-refractivity contribution in [1.29, 1.82) is 5.26 Å². The van der Waals surface area contributed by atoms with Gasteiger partial charge in [0.25, 0.3) is 0 Å². The molecule has 0 bridgehead atoms. The van der Waals surface area contributed by atoms with Gasteiger partial charge in [0.05, 0.1) is 17.4 Å². The number of hydrogen-bond acceptors (Lipinski definition) is 3. The van der Waals surface area contributed by atoms with Gasteiger partial charge in [-0.25, -0.2) is 0 Å². The molecule has 0 aliphatic heterocycles. The van der Waals surface area contributed by atoms with Gasteiger partial charge in [0, 0.05) is 11.4 Å². The van der Waals surface area contributed by atoms with Crippen LogP contribution < -0.4 is 5.32 Å².